The van der Waals surface area contributed by atoms with Gasteiger partial charge in [0, 0.05) is 18.8 Å². The topological polar surface area (TPSA) is 70.7 Å². The molecule has 2 aliphatic heterocycles. The maximum absolute atomic E-state index is 13.0. The monoisotopic (exact) mass is 433 g/mol. The molecule has 2 aliphatic rings. The third-order valence-electron chi connectivity index (χ3n) is 6.22. The molecule has 6 nitrogen and oxygen atoms in total. The van der Waals surface area contributed by atoms with Crippen LogP contribution in [0.15, 0.2) is 65.9 Å². The normalized spacial score (nSPS) is 21.6. The highest BCUT2D eigenvalue weighted by Crippen LogP contribution is 2.31. The number of rotatable bonds is 6. The number of hydrogen-bond donors (Lipinski definition) is 2. The Labute approximate surface area is 189 Å². The van der Waals surface area contributed by atoms with E-state index in [0.29, 0.717) is 23.7 Å². The molecule has 0 aromatic heterocycles. The summed E-state index contributed by atoms with van der Waals surface area (Å²) in [5.41, 5.74) is 4.44. The lowest BCUT2D eigenvalue weighted by Crippen LogP contribution is -2.49. The van der Waals surface area contributed by atoms with Gasteiger partial charge in [0.1, 0.15) is 0 Å². The van der Waals surface area contributed by atoms with Gasteiger partial charge in [-0.1, -0.05) is 60.2 Å². The number of ether oxygens (including phenoxy) is 1. The molecular formula is C26H31N3O3. The quantitative estimate of drug-likeness (QED) is 0.675. The first kappa shape index (κ1) is 22.1. The van der Waals surface area contributed by atoms with Crippen LogP contribution in [0.1, 0.15) is 48.4 Å². The fourth-order valence-corrected chi connectivity index (χ4v) is 4.62. The van der Waals surface area contributed by atoms with E-state index >= 15 is 0 Å². The van der Waals surface area contributed by atoms with Crippen molar-refractivity contribution < 1.29 is 14.3 Å². The Balaban J connectivity index is 1.63. The molecule has 0 radical (unpaired) electrons. The first-order chi connectivity index (χ1) is 15.5. The highest BCUT2D eigenvalue weighted by Gasteiger charge is 2.35. The number of carbonyl (C=O) groups is 2. The van der Waals surface area contributed by atoms with Crippen LogP contribution in [0.2, 0.25) is 0 Å². The first-order valence-electron chi connectivity index (χ1n) is 11.4. The molecule has 2 N–H and O–H groups in total. The Kier molecular flexibility index (Phi) is 6.90. The second kappa shape index (κ2) is 10.0. The molecule has 32 heavy (non-hydrogen) atoms. The predicted molar refractivity (Wildman–Crippen MR) is 124 cm³/mol. The van der Waals surface area contributed by atoms with Gasteiger partial charge in [-0.2, -0.15) is 0 Å². The third kappa shape index (κ3) is 5.02. The average molecular weight is 434 g/mol. The van der Waals surface area contributed by atoms with Crippen LogP contribution in [-0.2, 0) is 9.53 Å². The number of likely N-dealkylation sites (tertiary alicyclic amines) is 1. The third-order valence-corrected chi connectivity index (χ3v) is 6.22. The zero-order valence-electron chi connectivity index (χ0n) is 18.8. The van der Waals surface area contributed by atoms with Gasteiger partial charge in [-0.25, -0.2) is 9.59 Å². The summed E-state index contributed by atoms with van der Waals surface area (Å²) >= 11 is 0. The maximum atomic E-state index is 13.0. The number of nitrogens with zero attached hydrogens (tertiary/aromatic N) is 1. The van der Waals surface area contributed by atoms with Crippen molar-refractivity contribution in [3.8, 4) is 0 Å². The van der Waals surface area contributed by atoms with Crippen molar-refractivity contribution in [2.45, 2.75) is 38.6 Å². The number of benzene rings is 2. The molecule has 2 amide bonds. The van der Waals surface area contributed by atoms with E-state index in [2.05, 4.69) is 39.8 Å². The first-order valence-corrected chi connectivity index (χ1v) is 11.4. The van der Waals surface area contributed by atoms with Gasteiger partial charge in [0.05, 0.1) is 18.2 Å². The molecule has 2 heterocycles. The minimum atomic E-state index is -0.534. The summed E-state index contributed by atoms with van der Waals surface area (Å²) in [6, 6.07) is 17.6. The lowest BCUT2D eigenvalue weighted by Gasteiger charge is -2.36. The molecule has 168 valence electrons. The molecule has 2 aromatic carbocycles. The maximum Gasteiger partial charge on any atom is 0.338 e. The van der Waals surface area contributed by atoms with Gasteiger partial charge >= 0.3 is 12.0 Å². The summed E-state index contributed by atoms with van der Waals surface area (Å²) in [7, 11) is 0. The van der Waals surface area contributed by atoms with E-state index in [0.717, 1.165) is 37.1 Å². The summed E-state index contributed by atoms with van der Waals surface area (Å²) < 4.78 is 5.40. The second-order valence-electron chi connectivity index (χ2n) is 8.54. The lowest BCUT2D eigenvalue weighted by molar-refractivity contribution is -0.139. The van der Waals surface area contributed by atoms with E-state index in [1.807, 2.05) is 37.3 Å². The van der Waals surface area contributed by atoms with E-state index in [-0.39, 0.29) is 12.6 Å². The van der Waals surface area contributed by atoms with Crippen LogP contribution >= 0.6 is 0 Å². The van der Waals surface area contributed by atoms with Crippen LogP contribution < -0.4 is 10.6 Å². The Hall–Kier alpha value is -3.12. The fourth-order valence-electron chi connectivity index (χ4n) is 4.62. The molecule has 1 saturated heterocycles. The number of hydrogen-bond acceptors (Lipinski definition) is 4. The van der Waals surface area contributed by atoms with Crippen LogP contribution in [0.5, 0.6) is 0 Å². The van der Waals surface area contributed by atoms with Crippen LogP contribution in [0.4, 0.5) is 4.79 Å². The Bertz CT molecular complexity index is 985. The van der Waals surface area contributed by atoms with Crippen LogP contribution in [0.3, 0.4) is 0 Å². The number of urea groups is 1. The standard InChI is InChI=1S/C26H31N3O3/c1-3-32-25(30)23-22(27-26(31)28-24(23)20-13-11-18(2)12-14-20)17-29-15-7-10-21(16-29)19-8-5-4-6-9-19/h4-6,8-9,11-14,21,24H,3,7,10,15-17H2,1-2H3,(H2,27,28,31). The van der Waals surface area contributed by atoms with E-state index in [9.17, 15) is 9.59 Å². The Morgan fingerprint density at radius 1 is 1.09 bits per heavy atom. The van der Waals surface area contributed by atoms with E-state index in [1.54, 1.807) is 6.92 Å². The summed E-state index contributed by atoms with van der Waals surface area (Å²) in [6.45, 7) is 6.42. The molecule has 4 rings (SSSR count). The smallest absolute Gasteiger partial charge is 0.338 e. The number of amides is 2. The van der Waals surface area contributed by atoms with Gasteiger partial charge in [-0.05, 0) is 50.3 Å². The Morgan fingerprint density at radius 3 is 2.56 bits per heavy atom. The lowest BCUT2D eigenvalue weighted by atomic mass is 9.90. The van der Waals surface area contributed by atoms with Gasteiger partial charge in [0.15, 0.2) is 0 Å². The van der Waals surface area contributed by atoms with Crippen molar-refractivity contribution in [2.75, 3.05) is 26.2 Å². The van der Waals surface area contributed by atoms with Crippen molar-refractivity contribution in [1.29, 1.82) is 0 Å². The van der Waals surface area contributed by atoms with Gasteiger partial charge < -0.3 is 15.4 Å². The molecule has 2 aromatic rings. The van der Waals surface area contributed by atoms with Gasteiger partial charge in [-0.15, -0.1) is 0 Å². The zero-order valence-corrected chi connectivity index (χ0v) is 18.8. The highest BCUT2D eigenvalue weighted by molar-refractivity contribution is 5.95. The molecule has 0 bridgehead atoms. The molecule has 1 fully saturated rings. The van der Waals surface area contributed by atoms with Crippen molar-refractivity contribution in [2.24, 2.45) is 0 Å². The molecule has 6 heteroatoms. The summed E-state index contributed by atoms with van der Waals surface area (Å²) in [5.74, 6) is 0.0547. The minimum Gasteiger partial charge on any atom is -0.463 e. The van der Waals surface area contributed by atoms with Crippen molar-refractivity contribution in [3.05, 3.63) is 82.6 Å². The zero-order chi connectivity index (χ0) is 22.5. The summed E-state index contributed by atoms with van der Waals surface area (Å²) in [6.07, 6.45) is 2.22. The van der Waals surface area contributed by atoms with Gasteiger partial charge in [0.25, 0.3) is 0 Å². The summed E-state index contributed by atoms with van der Waals surface area (Å²) in [4.78, 5) is 27.9. The summed E-state index contributed by atoms with van der Waals surface area (Å²) in [5, 5.41) is 5.82. The molecule has 0 spiro atoms. The predicted octanol–water partition coefficient (Wildman–Crippen LogP) is 4.05. The van der Waals surface area contributed by atoms with E-state index in [1.165, 1.54) is 5.56 Å². The fraction of sp³-hybridized carbons (Fsp3) is 0.385. The minimum absolute atomic E-state index is 0.282. The van der Waals surface area contributed by atoms with Crippen molar-refractivity contribution in [1.82, 2.24) is 15.5 Å². The van der Waals surface area contributed by atoms with Crippen molar-refractivity contribution in [3.63, 3.8) is 0 Å². The SMILES string of the molecule is CCOC(=O)C1=C(CN2CCCC(c3ccccc3)C2)NC(=O)NC1c1ccc(C)cc1. The van der Waals surface area contributed by atoms with Gasteiger partial charge in [-0.3, -0.25) is 4.90 Å². The number of nitrogens with one attached hydrogen (secondary N) is 2. The number of carbonyl (C=O) groups excluding carboxylic acids is 2. The van der Waals surface area contributed by atoms with Gasteiger partial charge in [0.2, 0.25) is 0 Å². The van der Waals surface area contributed by atoms with Crippen LogP contribution in [0, 0.1) is 6.92 Å². The Morgan fingerprint density at radius 2 is 1.84 bits per heavy atom. The highest BCUT2D eigenvalue weighted by atomic mass is 16.5. The molecule has 2 unspecified atom stereocenters. The van der Waals surface area contributed by atoms with Crippen LogP contribution in [0.25, 0.3) is 0 Å². The number of piperidine rings is 1. The van der Waals surface area contributed by atoms with Crippen molar-refractivity contribution >= 4 is 12.0 Å². The van der Waals surface area contributed by atoms with Crippen LogP contribution in [-0.4, -0.2) is 43.1 Å². The largest absolute Gasteiger partial charge is 0.463 e. The van der Waals surface area contributed by atoms with E-state index in [4.69, 9.17) is 4.74 Å². The second-order valence-corrected chi connectivity index (χ2v) is 8.54. The molecular weight excluding hydrogens is 402 g/mol. The molecule has 0 saturated carbocycles. The van der Waals surface area contributed by atoms with E-state index < -0.39 is 12.0 Å². The average Bonchev–Trinajstić information content (AvgIpc) is 2.80. The molecule has 0 aliphatic carbocycles. The number of esters is 1. The number of aryl methyl sites for hydroxylation is 1. The molecule has 2 atom stereocenters.